The Kier molecular flexibility index (Phi) is 5.24. The molecule has 0 saturated carbocycles. The molecule has 0 unspecified atom stereocenters. The Morgan fingerprint density at radius 2 is 1.77 bits per heavy atom. The first-order chi connectivity index (χ1) is 10.3. The lowest BCUT2D eigenvalue weighted by Gasteiger charge is -2.45. The summed E-state index contributed by atoms with van der Waals surface area (Å²) in [5.41, 5.74) is 1.78. The van der Waals surface area contributed by atoms with E-state index in [2.05, 4.69) is 37.9 Å². The van der Waals surface area contributed by atoms with E-state index >= 15 is 0 Å². The second-order valence-electron chi connectivity index (χ2n) is 7.02. The zero-order valence-electron chi connectivity index (χ0n) is 14.3. The van der Waals surface area contributed by atoms with Crippen molar-refractivity contribution >= 4 is 5.91 Å². The van der Waals surface area contributed by atoms with E-state index in [1.54, 1.807) is 0 Å². The van der Waals surface area contributed by atoms with E-state index in [-0.39, 0.29) is 23.7 Å². The van der Waals surface area contributed by atoms with E-state index in [1.165, 1.54) is 0 Å². The molecule has 22 heavy (non-hydrogen) atoms. The summed E-state index contributed by atoms with van der Waals surface area (Å²) in [6.45, 7) is 13.0. The lowest BCUT2D eigenvalue weighted by atomic mass is 10.00. The number of hydrogen-bond acceptors (Lipinski definition) is 3. The maximum atomic E-state index is 12.3. The van der Waals surface area contributed by atoms with Crippen LogP contribution in [0.3, 0.4) is 0 Å². The van der Waals surface area contributed by atoms with Crippen molar-refractivity contribution in [3.8, 4) is 0 Å². The molecule has 1 aliphatic heterocycles. The van der Waals surface area contributed by atoms with Gasteiger partial charge in [-0.1, -0.05) is 17.7 Å². The number of carbonyl (C=O) groups is 1. The normalized spacial score (nSPS) is 23.3. The van der Waals surface area contributed by atoms with Crippen molar-refractivity contribution in [3.63, 3.8) is 0 Å². The molecule has 0 spiro atoms. The molecule has 1 aromatic rings. The van der Waals surface area contributed by atoms with Crippen LogP contribution < -0.4 is 5.32 Å². The highest BCUT2D eigenvalue weighted by atomic mass is 16.5. The second-order valence-corrected chi connectivity index (χ2v) is 7.02. The standard InChI is InChI=1S/C18H28N2O2/c1-13-6-8-16(9-7-13)17(21)19-12-18(4,5)20-10-14(2)22-15(3)11-20/h6-9,14-15H,10-12H2,1-5H3,(H,19,21)/t14-,15+. The zero-order chi connectivity index (χ0) is 16.3. The molecular formula is C18H28N2O2. The summed E-state index contributed by atoms with van der Waals surface area (Å²) < 4.78 is 5.79. The molecule has 1 aromatic carbocycles. The van der Waals surface area contributed by atoms with Crippen molar-refractivity contribution in [3.05, 3.63) is 35.4 Å². The predicted octanol–water partition coefficient (Wildman–Crippen LogP) is 2.61. The summed E-state index contributed by atoms with van der Waals surface area (Å²) in [7, 11) is 0. The van der Waals surface area contributed by atoms with Crippen LogP contribution in [0.2, 0.25) is 0 Å². The molecule has 0 radical (unpaired) electrons. The van der Waals surface area contributed by atoms with Crippen molar-refractivity contribution in [2.24, 2.45) is 0 Å². The highest BCUT2D eigenvalue weighted by Crippen LogP contribution is 2.20. The lowest BCUT2D eigenvalue weighted by molar-refractivity contribution is -0.0948. The molecule has 0 aromatic heterocycles. The van der Waals surface area contributed by atoms with E-state index < -0.39 is 0 Å². The summed E-state index contributed by atoms with van der Waals surface area (Å²) in [6, 6.07) is 7.67. The molecule has 1 aliphatic rings. The number of nitrogens with zero attached hydrogens (tertiary/aromatic N) is 1. The van der Waals surface area contributed by atoms with E-state index in [4.69, 9.17) is 4.74 Å². The summed E-state index contributed by atoms with van der Waals surface area (Å²) >= 11 is 0. The highest BCUT2D eigenvalue weighted by molar-refractivity contribution is 5.94. The minimum atomic E-state index is -0.0906. The Morgan fingerprint density at radius 3 is 2.32 bits per heavy atom. The molecule has 4 nitrogen and oxygen atoms in total. The van der Waals surface area contributed by atoms with Gasteiger partial charge in [0.1, 0.15) is 0 Å². The van der Waals surface area contributed by atoms with Gasteiger partial charge in [-0.3, -0.25) is 9.69 Å². The minimum Gasteiger partial charge on any atom is -0.373 e. The van der Waals surface area contributed by atoms with Crippen LogP contribution in [0.5, 0.6) is 0 Å². The number of benzene rings is 1. The topological polar surface area (TPSA) is 41.6 Å². The van der Waals surface area contributed by atoms with Crippen molar-refractivity contribution in [2.75, 3.05) is 19.6 Å². The predicted molar refractivity (Wildman–Crippen MR) is 89.2 cm³/mol. The van der Waals surface area contributed by atoms with Gasteiger partial charge in [0.15, 0.2) is 0 Å². The van der Waals surface area contributed by atoms with Gasteiger partial charge in [0.05, 0.1) is 12.2 Å². The van der Waals surface area contributed by atoms with Gasteiger partial charge < -0.3 is 10.1 Å². The number of amides is 1. The first-order valence-corrected chi connectivity index (χ1v) is 8.03. The second kappa shape index (κ2) is 6.80. The molecule has 1 heterocycles. The maximum absolute atomic E-state index is 12.3. The van der Waals surface area contributed by atoms with Crippen molar-refractivity contribution in [1.29, 1.82) is 0 Å². The smallest absolute Gasteiger partial charge is 0.251 e. The molecule has 1 saturated heterocycles. The Labute approximate surface area is 133 Å². The van der Waals surface area contributed by atoms with Gasteiger partial charge in [-0.25, -0.2) is 0 Å². The Bertz CT molecular complexity index is 500. The van der Waals surface area contributed by atoms with Crippen molar-refractivity contribution < 1.29 is 9.53 Å². The van der Waals surface area contributed by atoms with Crippen LogP contribution >= 0.6 is 0 Å². The van der Waals surface area contributed by atoms with Gasteiger partial charge in [-0.2, -0.15) is 0 Å². The summed E-state index contributed by atoms with van der Waals surface area (Å²) in [6.07, 6.45) is 0.464. The van der Waals surface area contributed by atoms with Crippen LogP contribution in [-0.2, 0) is 4.74 Å². The molecule has 1 N–H and O–H groups in total. The quantitative estimate of drug-likeness (QED) is 0.929. The number of rotatable bonds is 4. The van der Waals surface area contributed by atoms with Gasteiger partial charge in [-0.15, -0.1) is 0 Å². The highest BCUT2D eigenvalue weighted by Gasteiger charge is 2.33. The molecule has 4 heteroatoms. The van der Waals surface area contributed by atoms with E-state index in [0.29, 0.717) is 12.1 Å². The molecule has 2 atom stereocenters. The molecule has 0 aliphatic carbocycles. The molecule has 122 valence electrons. The Balaban J connectivity index is 1.94. The van der Waals surface area contributed by atoms with Gasteiger partial charge >= 0.3 is 0 Å². The fourth-order valence-corrected chi connectivity index (χ4v) is 2.89. The Morgan fingerprint density at radius 1 is 1.23 bits per heavy atom. The van der Waals surface area contributed by atoms with Gasteiger partial charge in [-0.05, 0) is 46.8 Å². The van der Waals surface area contributed by atoms with Crippen LogP contribution in [0, 0.1) is 6.92 Å². The molecular weight excluding hydrogens is 276 g/mol. The van der Waals surface area contributed by atoms with Gasteiger partial charge in [0.25, 0.3) is 5.91 Å². The summed E-state index contributed by atoms with van der Waals surface area (Å²) in [5, 5.41) is 3.06. The molecule has 2 rings (SSSR count). The number of nitrogens with one attached hydrogen (secondary N) is 1. The maximum Gasteiger partial charge on any atom is 0.251 e. The lowest BCUT2D eigenvalue weighted by Crippen LogP contribution is -2.58. The van der Waals surface area contributed by atoms with Crippen LogP contribution in [0.1, 0.15) is 43.6 Å². The van der Waals surface area contributed by atoms with E-state index in [9.17, 15) is 4.79 Å². The van der Waals surface area contributed by atoms with Crippen LogP contribution in [0.15, 0.2) is 24.3 Å². The SMILES string of the molecule is Cc1ccc(C(=O)NCC(C)(C)N2C[C@@H](C)O[C@@H](C)C2)cc1. The van der Waals surface area contributed by atoms with Gasteiger partial charge in [0.2, 0.25) is 0 Å². The number of ether oxygens (including phenoxy) is 1. The van der Waals surface area contributed by atoms with Crippen LogP contribution in [-0.4, -0.2) is 48.2 Å². The molecule has 0 bridgehead atoms. The fraction of sp³-hybridized carbons (Fsp3) is 0.611. The first-order valence-electron chi connectivity index (χ1n) is 8.03. The first kappa shape index (κ1) is 17.0. The third kappa shape index (κ3) is 4.31. The third-order valence-corrected chi connectivity index (χ3v) is 4.27. The monoisotopic (exact) mass is 304 g/mol. The zero-order valence-corrected chi connectivity index (χ0v) is 14.3. The average molecular weight is 304 g/mol. The number of aryl methyl sites for hydroxylation is 1. The minimum absolute atomic E-state index is 0.0116. The molecule has 1 fully saturated rings. The average Bonchev–Trinajstić information content (AvgIpc) is 2.44. The number of morpholine rings is 1. The van der Waals surface area contributed by atoms with E-state index in [0.717, 1.165) is 18.7 Å². The van der Waals surface area contributed by atoms with Crippen LogP contribution in [0.4, 0.5) is 0 Å². The Hall–Kier alpha value is -1.39. The fourth-order valence-electron chi connectivity index (χ4n) is 2.89. The van der Waals surface area contributed by atoms with Crippen molar-refractivity contribution in [2.45, 2.75) is 52.4 Å². The third-order valence-electron chi connectivity index (χ3n) is 4.27. The largest absolute Gasteiger partial charge is 0.373 e. The number of hydrogen-bond donors (Lipinski definition) is 1. The summed E-state index contributed by atoms with van der Waals surface area (Å²) in [5.74, 6) is -0.0116. The van der Waals surface area contributed by atoms with E-state index in [1.807, 2.05) is 31.2 Å². The molecule has 1 amide bonds. The van der Waals surface area contributed by atoms with Crippen molar-refractivity contribution in [1.82, 2.24) is 10.2 Å². The number of carbonyl (C=O) groups excluding carboxylic acids is 1. The van der Waals surface area contributed by atoms with Gasteiger partial charge in [0, 0.05) is 30.7 Å². The van der Waals surface area contributed by atoms with Crippen LogP contribution in [0.25, 0.3) is 0 Å². The summed E-state index contributed by atoms with van der Waals surface area (Å²) in [4.78, 5) is 14.7.